The highest BCUT2D eigenvalue weighted by Crippen LogP contribution is 2.33. The van der Waals surface area contributed by atoms with Crippen molar-refractivity contribution in [3.05, 3.63) is 35.9 Å². The number of halogens is 3. The van der Waals surface area contributed by atoms with Crippen LogP contribution in [0.4, 0.5) is 13.2 Å². The molecule has 0 aromatic heterocycles. The zero-order chi connectivity index (χ0) is 16.4. The summed E-state index contributed by atoms with van der Waals surface area (Å²) in [5, 5.41) is 10.7. The SMILES string of the molecule is CC(CC(=O)N1CCCC(O)(c2ccccc2)C1)C(F)(F)F. The van der Waals surface area contributed by atoms with Gasteiger partial charge >= 0.3 is 6.18 Å². The highest BCUT2D eigenvalue weighted by Gasteiger charge is 2.40. The summed E-state index contributed by atoms with van der Waals surface area (Å²) in [4.78, 5) is 13.4. The molecular weight excluding hydrogens is 295 g/mol. The third-order valence-electron chi connectivity index (χ3n) is 4.17. The number of carbonyl (C=O) groups is 1. The average molecular weight is 315 g/mol. The van der Waals surface area contributed by atoms with Gasteiger partial charge in [0, 0.05) is 13.0 Å². The van der Waals surface area contributed by atoms with Crippen molar-refractivity contribution in [2.45, 2.75) is 38.0 Å². The van der Waals surface area contributed by atoms with Gasteiger partial charge < -0.3 is 10.0 Å². The van der Waals surface area contributed by atoms with E-state index in [1.807, 2.05) is 6.07 Å². The van der Waals surface area contributed by atoms with Gasteiger partial charge in [-0.1, -0.05) is 37.3 Å². The minimum Gasteiger partial charge on any atom is -0.383 e. The lowest BCUT2D eigenvalue weighted by molar-refractivity contribution is -0.178. The molecule has 6 heteroatoms. The molecule has 22 heavy (non-hydrogen) atoms. The Morgan fingerprint density at radius 3 is 2.59 bits per heavy atom. The van der Waals surface area contributed by atoms with Crippen LogP contribution in [0.3, 0.4) is 0 Å². The van der Waals surface area contributed by atoms with Gasteiger partial charge in [0.2, 0.25) is 5.91 Å². The molecule has 2 unspecified atom stereocenters. The molecule has 2 atom stereocenters. The number of likely N-dealkylation sites (tertiary alicyclic amines) is 1. The second-order valence-corrected chi connectivity index (χ2v) is 5.96. The summed E-state index contributed by atoms with van der Waals surface area (Å²) < 4.78 is 37.7. The number of carbonyl (C=O) groups excluding carboxylic acids is 1. The smallest absolute Gasteiger partial charge is 0.383 e. The van der Waals surface area contributed by atoms with Crippen molar-refractivity contribution in [3.8, 4) is 0 Å². The fourth-order valence-electron chi connectivity index (χ4n) is 2.74. The van der Waals surface area contributed by atoms with Crippen molar-refractivity contribution in [1.29, 1.82) is 0 Å². The van der Waals surface area contributed by atoms with Crippen molar-refractivity contribution in [2.75, 3.05) is 13.1 Å². The number of hydrogen-bond donors (Lipinski definition) is 1. The molecule has 3 nitrogen and oxygen atoms in total. The van der Waals surface area contributed by atoms with Gasteiger partial charge in [-0.25, -0.2) is 0 Å². The summed E-state index contributed by atoms with van der Waals surface area (Å²) in [5.41, 5.74) is -0.493. The molecule has 1 N–H and O–H groups in total. The number of piperidine rings is 1. The van der Waals surface area contributed by atoms with E-state index in [9.17, 15) is 23.1 Å². The summed E-state index contributed by atoms with van der Waals surface area (Å²) in [6.45, 7) is 1.43. The van der Waals surface area contributed by atoms with Gasteiger partial charge in [-0.15, -0.1) is 0 Å². The average Bonchev–Trinajstić information content (AvgIpc) is 2.47. The number of aliphatic hydroxyl groups is 1. The van der Waals surface area contributed by atoms with Crippen molar-refractivity contribution in [1.82, 2.24) is 4.90 Å². The fourth-order valence-corrected chi connectivity index (χ4v) is 2.74. The second kappa shape index (κ2) is 6.28. The molecule has 0 bridgehead atoms. The van der Waals surface area contributed by atoms with Crippen molar-refractivity contribution >= 4 is 5.91 Å². The van der Waals surface area contributed by atoms with Gasteiger partial charge in [-0.3, -0.25) is 4.79 Å². The summed E-state index contributed by atoms with van der Waals surface area (Å²) in [7, 11) is 0. The highest BCUT2D eigenvalue weighted by molar-refractivity contribution is 5.76. The van der Waals surface area contributed by atoms with Crippen LogP contribution in [0, 0.1) is 5.92 Å². The van der Waals surface area contributed by atoms with Gasteiger partial charge in [0.05, 0.1) is 12.5 Å². The maximum Gasteiger partial charge on any atom is 0.392 e. The van der Waals surface area contributed by atoms with Crippen LogP contribution in [-0.2, 0) is 10.4 Å². The first kappa shape index (κ1) is 16.8. The summed E-state index contributed by atoms with van der Waals surface area (Å²) in [5.74, 6) is -2.23. The molecule has 1 aliphatic rings. The Morgan fingerprint density at radius 1 is 1.36 bits per heavy atom. The molecule has 1 heterocycles. The van der Waals surface area contributed by atoms with E-state index < -0.39 is 30.0 Å². The van der Waals surface area contributed by atoms with E-state index in [0.29, 0.717) is 24.9 Å². The zero-order valence-corrected chi connectivity index (χ0v) is 12.4. The third-order valence-corrected chi connectivity index (χ3v) is 4.17. The van der Waals surface area contributed by atoms with Gasteiger partial charge in [-0.05, 0) is 18.4 Å². The number of nitrogens with zero attached hydrogens (tertiary/aromatic N) is 1. The summed E-state index contributed by atoms with van der Waals surface area (Å²) >= 11 is 0. The van der Waals surface area contributed by atoms with Crippen molar-refractivity contribution < 1.29 is 23.1 Å². The molecule has 1 aromatic rings. The number of β-amino-alcohol motifs (C(OH)–C–C–N with tert-alkyl or cyclic N) is 1. The normalized spacial score (nSPS) is 24.1. The first-order valence-electron chi connectivity index (χ1n) is 7.35. The van der Waals surface area contributed by atoms with Gasteiger partial charge in [0.15, 0.2) is 0 Å². The Bertz CT molecular complexity index is 518. The van der Waals surface area contributed by atoms with Gasteiger partial charge in [-0.2, -0.15) is 13.2 Å². The van der Waals surface area contributed by atoms with Crippen LogP contribution in [0.5, 0.6) is 0 Å². The number of amides is 1. The summed E-state index contributed by atoms with van der Waals surface area (Å²) in [6, 6.07) is 8.95. The van der Waals surface area contributed by atoms with Crippen molar-refractivity contribution in [2.24, 2.45) is 5.92 Å². The maximum absolute atomic E-state index is 12.6. The first-order chi connectivity index (χ1) is 10.2. The second-order valence-electron chi connectivity index (χ2n) is 5.96. The molecule has 0 aliphatic carbocycles. The molecule has 0 spiro atoms. The topological polar surface area (TPSA) is 40.5 Å². The van der Waals surface area contributed by atoms with E-state index in [1.165, 1.54) is 4.90 Å². The van der Waals surface area contributed by atoms with E-state index in [1.54, 1.807) is 24.3 Å². The quantitative estimate of drug-likeness (QED) is 0.931. The van der Waals surface area contributed by atoms with E-state index in [4.69, 9.17) is 0 Å². The van der Waals surface area contributed by atoms with Crippen LogP contribution in [0.15, 0.2) is 30.3 Å². The molecule has 1 aliphatic heterocycles. The van der Waals surface area contributed by atoms with Crippen LogP contribution >= 0.6 is 0 Å². The molecule has 0 radical (unpaired) electrons. The van der Waals surface area contributed by atoms with E-state index >= 15 is 0 Å². The fraction of sp³-hybridized carbons (Fsp3) is 0.562. The van der Waals surface area contributed by atoms with E-state index in [-0.39, 0.29) is 6.54 Å². The molecular formula is C16H20F3NO2. The van der Waals surface area contributed by atoms with E-state index in [2.05, 4.69) is 0 Å². The highest BCUT2D eigenvalue weighted by atomic mass is 19.4. The Labute approximate surface area is 127 Å². The number of rotatable bonds is 3. The predicted molar refractivity (Wildman–Crippen MR) is 76.0 cm³/mol. The zero-order valence-electron chi connectivity index (χ0n) is 12.4. The first-order valence-corrected chi connectivity index (χ1v) is 7.35. The van der Waals surface area contributed by atoms with Crippen LogP contribution in [0.2, 0.25) is 0 Å². The Kier molecular flexibility index (Phi) is 4.80. The number of benzene rings is 1. The standard InChI is InChI=1S/C16H20F3NO2/c1-12(16(17,18)19)10-14(21)20-9-5-8-15(22,11-20)13-6-3-2-4-7-13/h2-4,6-7,12,22H,5,8-11H2,1H3. The van der Waals surface area contributed by atoms with Crippen LogP contribution in [0.25, 0.3) is 0 Å². The number of alkyl halides is 3. The molecule has 0 saturated carbocycles. The van der Waals surface area contributed by atoms with Crippen LogP contribution in [-0.4, -0.2) is 35.2 Å². The molecule has 1 fully saturated rings. The lowest BCUT2D eigenvalue weighted by Gasteiger charge is -2.40. The number of hydrogen-bond acceptors (Lipinski definition) is 2. The molecule has 2 rings (SSSR count). The monoisotopic (exact) mass is 315 g/mol. The predicted octanol–water partition coefficient (Wildman–Crippen LogP) is 3.09. The molecule has 1 aromatic carbocycles. The molecule has 1 amide bonds. The largest absolute Gasteiger partial charge is 0.392 e. The van der Waals surface area contributed by atoms with Crippen molar-refractivity contribution in [3.63, 3.8) is 0 Å². The van der Waals surface area contributed by atoms with Crippen LogP contribution < -0.4 is 0 Å². The third kappa shape index (κ3) is 3.80. The molecule has 1 saturated heterocycles. The Hall–Kier alpha value is -1.56. The van der Waals surface area contributed by atoms with Gasteiger partial charge in [0.1, 0.15) is 5.60 Å². The maximum atomic E-state index is 12.6. The minimum absolute atomic E-state index is 0.0421. The van der Waals surface area contributed by atoms with E-state index in [0.717, 1.165) is 6.92 Å². The lowest BCUT2D eigenvalue weighted by atomic mass is 9.85. The Balaban J connectivity index is 2.06. The molecule has 122 valence electrons. The lowest BCUT2D eigenvalue weighted by Crippen LogP contribution is -2.49. The minimum atomic E-state index is -4.37. The van der Waals surface area contributed by atoms with Crippen LogP contribution in [0.1, 0.15) is 31.7 Å². The van der Waals surface area contributed by atoms with Gasteiger partial charge in [0.25, 0.3) is 0 Å². The Morgan fingerprint density at radius 2 is 2.00 bits per heavy atom. The summed E-state index contributed by atoms with van der Waals surface area (Å²) in [6.07, 6.45) is -3.89.